The van der Waals surface area contributed by atoms with Crippen LogP contribution in [-0.2, 0) is 0 Å². The van der Waals surface area contributed by atoms with Crippen LogP contribution < -0.4 is 4.90 Å². The Morgan fingerprint density at radius 2 is 1.85 bits per heavy atom. The van der Waals surface area contributed by atoms with E-state index in [9.17, 15) is 4.79 Å². The second kappa shape index (κ2) is 4.92. The molecule has 3 rings (SSSR count). The third kappa shape index (κ3) is 2.42. The van der Waals surface area contributed by atoms with Crippen LogP contribution in [0, 0.1) is 0 Å². The van der Waals surface area contributed by atoms with Crippen molar-refractivity contribution < 1.29 is 9.90 Å². The van der Waals surface area contributed by atoms with E-state index in [-0.39, 0.29) is 12.1 Å². The summed E-state index contributed by atoms with van der Waals surface area (Å²) < 4.78 is 0. The maximum atomic E-state index is 11.2. The number of carbonyl (C=O) groups is 1. The monoisotopic (exact) mass is 276 g/mol. The number of carboxylic acid groups (broad SMARTS) is 1. The summed E-state index contributed by atoms with van der Waals surface area (Å²) >= 11 is 0. The van der Waals surface area contributed by atoms with E-state index in [0.717, 1.165) is 0 Å². The minimum absolute atomic E-state index is 0.0459. The molecule has 6 nitrogen and oxygen atoms in total. The molecule has 2 heterocycles. The fourth-order valence-corrected chi connectivity index (χ4v) is 2.78. The van der Waals surface area contributed by atoms with Crippen LogP contribution in [-0.4, -0.2) is 51.2 Å². The third-order valence-corrected chi connectivity index (χ3v) is 4.20. The Morgan fingerprint density at radius 1 is 1.20 bits per heavy atom. The number of anilines is 1. The van der Waals surface area contributed by atoms with Crippen molar-refractivity contribution in [2.24, 2.45) is 0 Å². The van der Waals surface area contributed by atoms with Gasteiger partial charge in [-0.05, 0) is 38.2 Å². The van der Waals surface area contributed by atoms with Crippen LogP contribution in [0.1, 0.15) is 38.2 Å². The summed E-state index contributed by atoms with van der Waals surface area (Å²) in [5, 5.41) is 9.16. The first-order valence-corrected chi connectivity index (χ1v) is 7.14. The van der Waals surface area contributed by atoms with Gasteiger partial charge in [0, 0.05) is 37.6 Å². The first kappa shape index (κ1) is 13.1. The summed E-state index contributed by atoms with van der Waals surface area (Å²) in [5.41, 5.74) is 1.22. The largest absolute Gasteiger partial charge is 0.465 e. The second-order valence-electron chi connectivity index (χ2n) is 5.88. The van der Waals surface area contributed by atoms with Gasteiger partial charge >= 0.3 is 6.09 Å². The fraction of sp³-hybridized carbons (Fsp3) is 0.643. The summed E-state index contributed by atoms with van der Waals surface area (Å²) in [7, 11) is 0. The molecule has 1 aromatic rings. The Balaban J connectivity index is 1.74. The zero-order chi connectivity index (χ0) is 14.3. The Kier molecular flexibility index (Phi) is 3.23. The van der Waals surface area contributed by atoms with Gasteiger partial charge in [-0.2, -0.15) is 0 Å². The van der Waals surface area contributed by atoms with E-state index in [1.54, 1.807) is 0 Å². The highest BCUT2D eigenvalue weighted by Gasteiger charge is 2.33. The standard InChI is InChI=1S/C14H20N4O2/c1-9-8-18(14(19)20)10(2)7-17(9)13-15-5-12(6-16-13)11-3-4-11/h5-6,9-11H,3-4,7-8H2,1-2H3,(H,19,20). The van der Waals surface area contributed by atoms with Crippen molar-refractivity contribution in [2.75, 3.05) is 18.0 Å². The van der Waals surface area contributed by atoms with Gasteiger partial charge in [0.05, 0.1) is 0 Å². The highest BCUT2D eigenvalue weighted by molar-refractivity contribution is 5.66. The molecule has 0 radical (unpaired) electrons. The Labute approximate surface area is 118 Å². The van der Waals surface area contributed by atoms with Gasteiger partial charge in [-0.1, -0.05) is 0 Å². The molecule has 2 unspecified atom stereocenters. The van der Waals surface area contributed by atoms with Crippen molar-refractivity contribution in [3.05, 3.63) is 18.0 Å². The molecule has 1 aliphatic heterocycles. The molecule has 0 bridgehead atoms. The summed E-state index contributed by atoms with van der Waals surface area (Å²) in [6.45, 7) is 5.06. The quantitative estimate of drug-likeness (QED) is 0.893. The molecule has 2 atom stereocenters. The molecule has 2 aliphatic rings. The van der Waals surface area contributed by atoms with E-state index in [1.165, 1.54) is 23.3 Å². The van der Waals surface area contributed by atoms with Gasteiger partial charge in [-0.25, -0.2) is 14.8 Å². The maximum absolute atomic E-state index is 11.2. The van der Waals surface area contributed by atoms with Gasteiger partial charge < -0.3 is 14.9 Å². The van der Waals surface area contributed by atoms with Crippen molar-refractivity contribution in [1.82, 2.24) is 14.9 Å². The Morgan fingerprint density at radius 3 is 2.40 bits per heavy atom. The van der Waals surface area contributed by atoms with Gasteiger partial charge in [0.2, 0.25) is 5.95 Å². The first-order chi connectivity index (χ1) is 9.56. The molecule has 1 aromatic heterocycles. The minimum Gasteiger partial charge on any atom is -0.465 e. The molecule has 108 valence electrons. The van der Waals surface area contributed by atoms with Gasteiger partial charge in [0.15, 0.2) is 0 Å². The zero-order valence-corrected chi connectivity index (χ0v) is 11.9. The lowest BCUT2D eigenvalue weighted by Gasteiger charge is -2.42. The van der Waals surface area contributed by atoms with E-state index < -0.39 is 6.09 Å². The Hall–Kier alpha value is -1.85. The number of rotatable bonds is 2. The molecule has 1 aliphatic carbocycles. The number of nitrogens with zero attached hydrogens (tertiary/aromatic N) is 4. The smallest absolute Gasteiger partial charge is 0.407 e. The zero-order valence-electron chi connectivity index (χ0n) is 11.9. The van der Waals surface area contributed by atoms with Crippen LogP contribution in [0.15, 0.2) is 12.4 Å². The molecule has 1 N–H and O–H groups in total. The molecule has 20 heavy (non-hydrogen) atoms. The number of hydrogen-bond acceptors (Lipinski definition) is 4. The van der Waals surface area contributed by atoms with Crippen molar-refractivity contribution in [3.63, 3.8) is 0 Å². The summed E-state index contributed by atoms with van der Waals surface area (Å²) in [6, 6.07) is 0.0458. The van der Waals surface area contributed by atoms with Crippen molar-refractivity contribution in [2.45, 2.75) is 44.7 Å². The third-order valence-electron chi connectivity index (χ3n) is 4.20. The molecular weight excluding hydrogens is 256 g/mol. The van der Waals surface area contributed by atoms with Crippen LogP contribution >= 0.6 is 0 Å². The van der Waals surface area contributed by atoms with E-state index in [0.29, 0.717) is 25.0 Å². The van der Waals surface area contributed by atoms with E-state index in [2.05, 4.69) is 14.9 Å². The number of aromatic nitrogens is 2. The SMILES string of the molecule is CC1CN(c2ncc(C3CC3)cn2)C(C)CN1C(=O)O. The van der Waals surface area contributed by atoms with Crippen molar-refractivity contribution in [1.29, 1.82) is 0 Å². The van der Waals surface area contributed by atoms with Gasteiger partial charge in [-0.15, -0.1) is 0 Å². The van der Waals surface area contributed by atoms with Crippen molar-refractivity contribution in [3.8, 4) is 0 Å². The van der Waals surface area contributed by atoms with Crippen molar-refractivity contribution >= 4 is 12.0 Å². The summed E-state index contributed by atoms with van der Waals surface area (Å²) in [4.78, 5) is 23.7. The molecule has 2 fully saturated rings. The van der Waals surface area contributed by atoms with Gasteiger partial charge in [-0.3, -0.25) is 0 Å². The lowest BCUT2D eigenvalue weighted by molar-refractivity contribution is 0.114. The highest BCUT2D eigenvalue weighted by atomic mass is 16.4. The fourth-order valence-electron chi connectivity index (χ4n) is 2.78. The van der Waals surface area contributed by atoms with E-state index in [1.807, 2.05) is 26.2 Å². The van der Waals surface area contributed by atoms with E-state index >= 15 is 0 Å². The predicted molar refractivity (Wildman–Crippen MR) is 75.0 cm³/mol. The topological polar surface area (TPSA) is 69.6 Å². The molecule has 1 saturated carbocycles. The van der Waals surface area contributed by atoms with Crippen LogP contribution in [0.3, 0.4) is 0 Å². The highest BCUT2D eigenvalue weighted by Crippen LogP contribution is 2.39. The molecule has 1 saturated heterocycles. The maximum Gasteiger partial charge on any atom is 0.407 e. The van der Waals surface area contributed by atoms with Gasteiger partial charge in [0.1, 0.15) is 0 Å². The average Bonchev–Trinajstić information content (AvgIpc) is 3.25. The molecule has 0 aromatic carbocycles. The van der Waals surface area contributed by atoms with Crippen LogP contribution in [0.2, 0.25) is 0 Å². The Bertz CT molecular complexity index is 500. The summed E-state index contributed by atoms with van der Waals surface area (Å²) in [5.74, 6) is 1.36. The lowest BCUT2D eigenvalue weighted by atomic mass is 10.1. The number of hydrogen-bond donors (Lipinski definition) is 1. The van der Waals surface area contributed by atoms with E-state index in [4.69, 9.17) is 5.11 Å². The first-order valence-electron chi connectivity index (χ1n) is 7.14. The minimum atomic E-state index is -0.853. The van der Waals surface area contributed by atoms with Crippen LogP contribution in [0.5, 0.6) is 0 Å². The van der Waals surface area contributed by atoms with Crippen LogP contribution in [0.25, 0.3) is 0 Å². The summed E-state index contributed by atoms with van der Waals surface area (Å²) in [6.07, 6.45) is 5.47. The second-order valence-corrected chi connectivity index (χ2v) is 5.88. The molecule has 0 spiro atoms. The number of piperazine rings is 1. The average molecular weight is 276 g/mol. The normalized spacial score (nSPS) is 26.7. The molecular formula is C14H20N4O2. The lowest BCUT2D eigenvalue weighted by Crippen LogP contribution is -2.58. The molecule has 1 amide bonds. The van der Waals surface area contributed by atoms with Gasteiger partial charge in [0.25, 0.3) is 0 Å². The predicted octanol–water partition coefficient (Wildman–Crippen LogP) is 1.93. The number of amides is 1. The molecule has 6 heteroatoms. The van der Waals surface area contributed by atoms with Crippen LogP contribution in [0.4, 0.5) is 10.7 Å².